The molecule has 0 radical (unpaired) electrons. The molecule has 3 heteroatoms. The second-order valence-corrected chi connectivity index (χ2v) is 3.68. The lowest BCUT2D eigenvalue weighted by molar-refractivity contribution is -0.146. The minimum Gasteiger partial charge on any atom is -0.468 e. The molecule has 3 nitrogen and oxygen atoms in total. The highest BCUT2D eigenvalue weighted by Crippen LogP contribution is 2.22. The van der Waals surface area contributed by atoms with Crippen molar-refractivity contribution >= 4 is 5.97 Å². The van der Waals surface area contributed by atoms with Gasteiger partial charge in [-0.3, -0.25) is 9.69 Å². The molecule has 0 N–H and O–H groups in total. The molecule has 0 aromatic carbocycles. The maximum Gasteiger partial charge on any atom is 0.323 e. The number of methoxy groups -OCH3 is 1. The van der Waals surface area contributed by atoms with Crippen LogP contribution in [0.2, 0.25) is 0 Å². The van der Waals surface area contributed by atoms with Crippen LogP contribution in [0.1, 0.15) is 33.1 Å². The van der Waals surface area contributed by atoms with Gasteiger partial charge in [-0.25, -0.2) is 0 Å². The van der Waals surface area contributed by atoms with Crippen molar-refractivity contribution < 1.29 is 9.53 Å². The van der Waals surface area contributed by atoms with Gasteiger partial charge in [-0.1, -0.05) is 6.92 Å². The van der Waals surface area contributed by atoms with Crippen LogP contribution >= 0.6 is 0 Å². The van der Waals surface area contributed by atoms with E-state index >= 15 is 0 Å². The number of hydrogen-bond acceptors (Lipinski definition) is 3. The lowest BCUT2D eigenvalue weighted by Crippen LogP contribution is -2.42. The van der Waals surface area contributed by atoms with Crippen LogP contribution in [0.3, 0.4) is 0 Å². The van der Waals surface area contributed by atoms with E-state index in [2.05, 4.69) is 18.7 Å². The Labute approximate surface area is 80.1 Å². The molecule has 0 saturated carbocycles. The fraction of sp³-hybridized carbons (Fsp3) is 0.900. The summed E-state index contributed by atoms with van der Waals surface area (Å²) < 4.78 is 4.78. The van der Waals surface area contributed by atoms with Gasteiger partial charge in [0, 0.05) is 6.04 Å². The van der Waals surface area contributed by atoms with Gasteiger partial charge in [0.2, 0.25) is 0 Å². The summed E-state index contributed by atoms with van der Waals surface area (Å²) in [6.45, 7) is 5.35. The molecule has 0 amide bonds. The van der Waals surface area contributed by atoms with E-state index in [0.717, 1.165) is 25.8 Å². The van der Waals surface area contributed by atoms with Gasteiger partial charge in [-0.2, -0.15) is 0 Å². The first-order chi connectivity index (χ1) is 6.20. The topological polar surface area (TPSA) is 29.5 Å². The molecule has 0 spiro atoms. The largest absolute Gasteiger partial charge is 0.468 e. The third-order valence-electron chi connectivity index (χ3n) is 2.92. The minimum absolute atomic E-state index is 0.0138. The molecule has 1 saturated heterocycles. The van der Waals surface area contributed by atoms with Crippen LogP contribution in [0.4, 0.5) is 0 Å². The van der Waals surface area contributed by atoms with E-state index in [9.17, 15) is 4.79 Å². The summed E-state index contributed by atoms with van der Waals surface area (Å²) in [7, 11) is 1.47. The Morgan fingerprint density at radius 2 is 2.38 bits per heavy atom. The Hall–Kier alpha value is -0.570. The van der Waals surface area contributed by atoms with E-state index in [-0.39, 0.29) is 12.0 Å². The van der Waals surface area contributed by atoms with Gasteiger partial charge in [0.25, 0.3) is 0 Å². The molecule has 0 aromatic rings. The van der Waals surface area contributed by atoms with Crippen molar-refractivity contribution in [1.29, 1.82) is 0 Å². The highest BCUT2D eigenvalue weighted by Gasteiger charge is 2.33. The van der Waals surface area contributed by atoms with Crippen molar-refractivity contribution in [3.63, 3.8) is 0 Å². The monoisotopic (exact) mass is 185 g/mol. The number of ether oxygens (including phenoxy) is 1. The van der Waals surface area contributed by atoms with Crippen LogP contribution in [-0.2, 0) is 9.53 Å². The Bertz CT molecular complexity index is 182. The Kier molecular flexibility index (Phi) is 3.72. The number of carbonyl (C=O) groups excluding carboxylic acids is 1. The maximum absolute atomic E-state index is 11.4. The van der Waals surface area contributed by atoms with Crippen molar-refractivity contribution in [1.82, 2.24) is 4.90 Å². The minimum atomic E-state index is -0.0715. The molecular weight excluding hydrogens is 166 g/mol. The molecular formula is C10H19NO2. The van der Waals surface area contributed by atoms with Gasteiger partial charge in [0.1, 0.15) is 6.04 Å². The fourth-order valence-corrected chi connectivity index (χ4v) is 1.94. The third kappa shape index (κ3) is 2.21. The normalized spacial score (nSPS) is 25.9. The van der Waals surface area contributed by atoms with Gasteiger partial charge < -0.3 is 4.74 Å². The molecule has 2 atom stereocenters. The molecule has 13 heavy (non-hydrogen) atoms. The molecule has 0 aromatic heterocycles. The lowest BCUT2D eigenvalue weighted by atomic mass is 10.1. The fourth-order valence-electron chi connectivity index (χ4n) is 1.94. The Morgan fingerprint density at radius 1 is 1.69 bits per heavy atom. The molecule has 1 aliphatic rings. The second kappa shape index (κ2) is 4.61. The van der Waals surface area contributed by atoms with Gasteiger partial charge in [0.15, 0.2) is 0 Å². The lowest BCUT2D eigenvalue weighted by Gasteiger charge is -2.27. The number of rotatable bonds is 3. The number of hydrogen-bond donors (Lipinski definition) is 0. The molecule has 0 aliphatic carbocycles. The number of likely N-dealkylation sites (tertiary alicyclic amines) is 1. The Morgan fingerprint density at radius 3 is 2.92 bits per heavy atom. The molecule has 76 valence electrons. The predicted octanol–water partition coefficient (Wildman–Crippen LogP) is 1.42. The molecule has 1 fully saturated rings. The smallest absolute Gasteiger partial charge is 0.323 e. The van der Waals surface area contributed by atoms with Crippen LogP contribution in [0.5, 0.6) is 0 Å². The predicted molar refractivity (Wildman–Crippen MR) is 51.5 cm³/mol. The van der Waals surface area contributed by atoms with E-state index < -0.39 is 0 Å². The van der Waals surface area contributed by atoms with Gasteiger partial charge in [0.05, 0.1) is 7.11 Å². The first-order valence-electron chi connectivity index (χ1n) is 5.04. The number of nitrogens with zero attached hydrogens (tertiary/aromatic N) is 1. The molecule has 1 rings (SSSR count). The quantitative estimate of drug-likeness (QED) is 0.623. The van der Waals surface area contributed by atoms with E-state index in [1.165, 1.54) is 7.11 Å². The zero-order valence-corrected chi connectivity index (χ0v) is 8.75. The van der Waals surface area contributed by atoms with E-state index in [1.807, 2.05) is 0 Å². The molecule has 2 unspecified atom stereocenters. The van der Waals surface area contributed by atoms with E-state index in [4.69, 9.17) is 4.74 Å². The van der Waals surface area contributed by atoms with Crippen LogP contribution in [0.15, 0.2) is 0 Å². The Balaban J connectivity index is 2.58. The number of esters is 1. The van der Waals surface area contributed by atoms with Crippen LogP contribution in [-0.4, -0.2) is 36.6 Å². The number of carbonyl (C=O) groups is 1. The first kappa shape index (κ1) is 10.5. The van der Waals surface area contributed by atoms with Crippen LogP contribution in [0, 0.1) is 0 Å². The first-order valence-corrected chi connectivity index (χ1v) is 5.04. The highest BCUT2D eigenvalue weighted by molar-refractivity contribution is 5.76. The highest BCUT2D eigenvalue weighted by atomic mass is 16.5. The van der Waals surface area contributed by atoms with Gasteiger partial charge in [-0.05, 0) is 32.7 Å². The zero-order chi connectivity index (χ0) is 9.84. The van der Waals surface area contributed by atoms with Crippen molar-refractivity contribution in [3.8, 4) is 0 Å². The summed E-state index contributed by atoms with van der Waals surface area (Å²) in [6, 6.07) is 0.506. The average molecular weight is 185 g/mol. The van der Waals surface area contributed by atoms with E-state index in [1.54, 1.807) is 0 Å². The second-order valence-electron chi connectivity index (χ2n) is 3.68. The zero-order valence-electron chi connectivity index (χ0n) is 8.75. The molecule has 1 aliphatic heterocycles. The van der Waals surface area contributed by atoms with Crippen molar-refractivity contribution in [2.24, 2.45) is 0 Å². The summed E-state index contributed by atoms with van der Waals surface area (Å²) >= 11 is 0. The summed E-state index contributed by atoms with van der Waals surface area (Å²) in [5.41, 5.74) is 0. The SMILES string of the molecule is CCC(C)N1CCCC1C(=O)OC. The summed E-state index contributed by atoms with van der Waals surface area (Å²) in [5, 5.41) is 0. The van der Waals surface area contributed by atoms with Crippen molar-refractivity contribution in [2.45, 2.75) is 45.2 Å². The summed E-state index contributed by atoms with van der Waals surface area (Å²) in [6.07, 6.45) is 3.16. The van der Waals surface area contributed by atoms with E-state index in [0.29, 0.717) is 6.04 Å². The van der Waals surface area contributed by atoms with Crippen LogP contribution in [0.25, 0.3) is 0 Å². The molecule has 1 heterocycles. The van der Waals surface area contributed by atoms with Crippen LogP contribution < -0.4 is 0 Å². The maximum atomic E-state index is 11.4. The van der Waals surface area contributed by atoms with Gasteiger partial charge >= 0.3 is 5.97 Å². The molecule has 0 bridgehead atoms. The van der Waals surface area contributed by atoms with Crippen molar-refractivity contribution in [2.75, 3.05) is 13.7 Å². The standard InChI is InChI=1S/C10H19NO2/c1-4-8(2)11-7-5-6-9(11)10(12)13-3/h8-9H,4-7H2,1-3H3. The average Bonchev–Trinajstić information content (AvgIpc) is 2.63. The third-order valence-corrected chi connectivity index (χ3v) is 2.92. The summed E-state index contributed by atoms with van der Waals surface area (Å²) in [5.74, 6) is -0.0715. The van der Waals surface area contributed by atoms with Gasteiger partial charge in [-0.15, -0.1) is 0 Å². The van der Waals surface area contributed by atoms with Crippen molar-refractivity contribution in [3.05, 3.63) is 0 Å². The summed E-state index contributed by atoms with van der Waals surface area (Å²) in [4.78, 5) is 13.6.